The van der Waals surface area contributed by atoms with Crippen molar-refractivity contribution in [1.29, 1.82) is 0 Å². The first-order valence-electron chi connectivity index (χ1n) is 6.93. The smallest absolute Gasteiger partial charge is 0.337 e. The van der Waals surface area contributed by atoms with E-state index in [1.54, 1.807) is 23.0 Å². The molecule has 2 rings (SSSR count). The molecule has 21 heavy (non-hydrogen) atoms. The van der Waals surface area contributed by atoms with Crippen LogP contribution in [-0.2, 0) is 11.3 Å². The van der Waals surface area contributed by atoms with E-state index in [0.717, 1.165) is 5.52 Å². The van der Waals surface area contributed by atoms with E-state index < -0.39 is 5.97 Å². The lowest BCUT2D eigenvalue weighted by Crippen LogP contribution is -2.27. The number of aromatic nitrogens is 2. The Balaban J connectivity index is 2.08. The van der Waals surface area contributed by atoms with Crippen molar-refractivity contribution in [2.24, 2.45) is 5.92 Å². The maximum atomic E-state index is 11.7. The summed E-state index contributed by atoms with van der Waals surface area (Å²) in [6.07, 6.45) is 1.92. The molecule has 0 bridgehead atoms. The maximum absolute atomic E-state index is 11.7. The molecule has 1 aromatic heterocycles. The van der Waals surface area contributed by atoms with Crippen LogP contribution < -0.4 is 5.32 Å². The number of carboxylic acid groups (broad SMARTS) is 1. The normalized spacial score (nSPS) is 11.0. The highest BCUT2D eigenvalue weighted by Crippen LogP contribution is 2.17. The Labute approximate surface area is 122 Å². The molecule has 0 spiro atoms. The quantitative estimate of drug-likeness (QED) is 0.850. The van der Waals surface area contributed by atoms with Gasteiger partial charge in [0.25, 0.3) is 0 Å². The number of carbonyl (C=O) groups excluding carboxylic acids is 1. The summed E-state index contributed by atoms with van der Waals surface area (Å²) in [5.74, 6) is -0.596. The summed E-state index contributed by atoms with van der Waals surface area (Å²) in [5, 5.41) is 12.0. The summed E-state index contributed by atoms with van der Waals surface area (Å²) in [6, 6.07) is 5.01. The van der Waals surface area contributed by atoms with Crippen molar-refractivity contribution in [3.8, 4) is 0 Å². The third-order valence-corrected chi connectivity index (χ3v) is 3.17. The third-order valence-electron chi connectivity index (χ3n) is 3.17. The van der Waals surface area contributed by atoms with Crippen LogP contribution in [0.3, 0.4) is 0 Å². The summed E-state index contributed by atoms with van der Waals surface area (Å²) in [4.78, 5) is 27.0. The lowest BCUT2D eigenvalue weighted by Gasteiger charge is -2.08. The molecule has 2 N–H and O–H groups in total. The van der Waals surface area contributed by atoms with Crippen molar-refractivity contribution in [1.82, 2.24) is 14.9 Å². The van der Waals surface area contributed by atoms with E-state index in [9.17, 15) is 9.59 Å². The molecule has 1 aromatic carbocycles. The van der Waals surface area contributed by atoms with Gasteiger partial charge in [0, 0.05) is 19.5 Å². The molecule has 112 valence electrons. The van der Waals surface area contributed by atoms with Gasteiger partial charge in [0.1, 0.15) is 5.52 Å². The van der Waals surface area contributed by atoms with Gasteiger partial charge in [-0.1, -0.05) is 19.9 Å². The predicted molar refractivity (Wildman–Crippen MR) is 79.2 cm³/mol. The zero-order chi connectivity index (χ0) is 15.4. The standard InChI is InChI=1S/C15H19N3O3/c1-10(2)8-16-13(19)6-7-18-9-17-14-11(15(20)21)4-3-5-12(14)18/h3-5,9-10H,6-8H2,1-2H3,(H,16,19)(H,20,21). The minimum Gasteiger partial charge on any atom is -0.478 e. The third kappa shape index (κ3) is 3.59. The first kappa shape index (κ1) is 15.0. The number of nitrogens with zero attached hydrogens (tertiary/aromatic N) is 2. The van der Waals surface area contributed by atoms with Crippen LogP contribution in [0.2, 0.25) is 0 Å². The van der Waals surface area contributed by atoms with Crippen LogP contribution in [0, 0.1) is 5.92 Å². The second-order valence-corrected chi connectivity index (χ2v) is 5.36. The number of carbonyl (C=O) groups is 2. The average Bonchev–Trinajstić information content (AvgIpc) is 2.85. The molecule has 2 aromatic rings. The lowest BCUT2D eigenvalue weighted by atomic mass is 10.2. The molecule has 1 heterocycles. The van der Waals surface area contributed by atoms with Crippen LogP contribution >= 0.6 is 0 Å². The number of imidazole rings is 1. The molecule has 6 heteroatoms. The highest BCUT2D eigenvalue weighted by molar-refractivity contribution is 6.00. The number of fused-ring (bicyclic) bond motifs is 1. The number of nitrogens with one attached hydrogen (secondary N) is 1. The van der Waals surface area contributed by atoms with Crippen molar-refractivity contribution in [2.45, 2.75) is 26.8 Å². The van der Waals surface area contributed by atoms with Crippen LogP contribution in [0.15, 0.2) is 24.5 Å². The van der Waals surface area contributed by atoms with Gasteiger partial charge in [-0.05, 0) is 18.1 Å². The molecular formula is C15H19N3O3. The molecule has 0 saturated heterocycles. The summed E-state index contributed by atoms with van der Waals surface area (Å²) in [5.41, 5.74) is 1.36. The van der Waals surface area contributed by atoms with Gasteiger partial charge in [0.15, 0.2) is 0 Å². The summed E-state index contributed by atoms with van der Waals surface area (Å²) in [7, 11) is 0. The van der Waals surface area contributed by atoms with Gasteiger partial charge in [0.05, 0.1) is 17.4 Å². The van der Waals surface area contributed by atoms with Crippen LogP contribution in [0.5, 0.6) is 0 Å². The monoisotopic (exact) mass is 289 g/mol. The lowest BCUT2D eigenvalue weighted by molar-refractivity contribution is -0.121. The van der Waals surface area contributed by atoms with Gasteiger partial charge in [-0.25, -0.2) is 9.78 Å². The van der Waals surface area contributed by atoms with Gasteiger partial charge in [-0.2, -0.15) is 0 Å². The summed E-state index contributed by atoms with van der Waals surface area (Å²) < 4.78 is 1.80. The summed E-state index contributed by atoms with van der Waals surface area (Å²) in [6.45, 7) is 5.21. The number of rotatable bonds is 6. The average molecular weight is 289 g/mol. The zero-order valence-electron chi connectivity index (χ0n) is 12.2. The van der Waals surface area contributed by atoms with E-state index in [2.05, 4.69) is 10.3 Å². The fourth-order valence-electron chi connectivity index (χ4n) is 2.07. The largest absolute Gasteiger partial charge is 0.478 e. The number of hydrogen-bond donors (Lipinski definition) is 2. The van der Waals surface area contributed by atoms with Crippen LogP contribution in [0.1, 0.15) is 30.6 Å². The number of carboxylic acids is 1. The Bertz CT molecular complexity index is 661. The number of para-hydroxylation sites is 1. The first-order valence-corrected chi connectivity index (χ1v) is 6.93. The van der Waals surface area contributed by atoms with Gasteiger partial charge in [-0.3, -0.25) is 4.79 Å². The first-order chi connectivity index (χ1) is 9.99. The van der Waals surface area contributed by atoms with Crippen LogP contribution in [0.25, 0.3) is 11.0 Å². The number of hydrogen-bond acceptors (Lipinski definition) is 3. The highest BCUT2D eigenvalue weighted by atomic mass is 16.4. The molecule has 0 unspecified atom stereocenters. The van der Waals surface area contributed by atoms with E-state index in [1.165, 1.54) is 6.07 Å². The van der Waals surface area contributed by atoms with Crippen molar-refractivity contribution in [3.05, 3.63) is 30.1 Å². The van der Waals surface area contributed by atoms with E-state index in [1.807, 2.05) is 13.8 Å². The summed E-state index contributed by atoms with van der Waals surface area (Å²) >= 11 is 0. The molecule has 0 atom stereocenters. The van der Waals surface area contributed by atoms with Crippen LogP contribution in [-0.4, -0.2) is 33.1 Å². The number of aromatic carboxylic acids is 1. The van der Waals surface area contributed by atoms with Crippen molar-refractivity contribution in [3.63, 3.8) is 0 Å². The second kappa shape index (κ2) is 6.39. The van der Waals surface area contributed by atoms with Crippen molar-refractivity contribution >= 4 is 22.9 Å². The number of benzene rings is 1. The Morgan fingerprint density at radius 2 is 2.14 bits per heavy atom. The fourth-order valence-corrected chi connectivity index (χ4v) is 2.07. The highest BCUT2D eigenvalue weighted by Gasteiger charge is 2.12. The van der Waals surface area contributed by atoms with Crippen molar-refractivity contribution < 1.29 is 14.7 Å². The number of amides is 1. The predicted octanol–water partition coefficient (Wildman–Crippen LogP) is 1.90. The van der Waals surface area contributed by atoms with Crippen LogP contribution in [0.4, 0.5) is 0 Å². The SMILES string of the molecule is CC(C)CNC(=O)CCn1cnc2c(C(=O)O)cccc21. The van der Waals surface area contributed by atoms with Gasteiger partial charge < -0.3 is 15.0 Å². The molecule has 1 amide bonds. The topological polar surface area (TPSA) is 84.2 Å². The Hall–Kier alpha value is -2.37. The van der Waals surface area contributed by atoms with E-state index >= 15 is 0 Å². The molecular weight excluding hydrogens is 270 g/mol. The zero-order valence-corrected chi connectivity index (χ0v) is 12.2. The minimum absolute atomic E-state index is 0.0139. The van der Waals surface area contributed by atoms with Gasteiger partial charge in [0.2, 0.25) is 5.91 Å². The van der Waals surface area contributed by atoms with E-state index in [4.69, 9.17) is 5.11 Å². The maximum Gasteiger partial charge on any atom is 0.337 e. The number of aryl methyl sites for hydroxylation is 1. The van der Waals surface area contributed by atoms with E-state index in [-0.39, 0.29) is 11.5 Å². The van der Waals surface area contributed by atoms with E-state index in [0.29, 0.717) is 30.9 Å². The molecule has 0 aliphatic carbocycles. The molecule has 0 aliphatic heterocycles. The van der Waals surface area contributed by atoms with Gasteiger partial charge in [-0.15, -0.1) is 0 Å². The molecule has 0 radical (unpaired) electrons. The Kier molecular flexibility index (Phi) is 4.57. The van der Waals surface area contributed by atoms with Crippen molar-refractivity contribution in [2.75, 3.05) is 6.54 Å². The second-order valence-electron chi connectivity index (χ2n) is 5.36. The molecule has 0 aliphatic rings. The fraction of sp³-hybridized carbons (Fsp3) is 0.400. The molecule has 6 nitrogen and oxygen atoms in total. The Morgan fingerprint density at radius 1 is 1.38 bits per heavy atom. The van der Waals surface area contributed by atoms with Gasteiger partial charge >= 0.3 is 5.97 Å². The Morgan fingerprint density at radius 3 is 2.81 bits per heavy atom. The minimum atomic E-state index is -1.000. The molecule has 0 fully saturated rings. The molecule has 0 saturated carbocycles.